The summed E-state index contributed by atoms with van der Waals surface area (Å²) in [6.45, 7) is 0.902. The molecule has 0 heterocycles. The maximum Gasteiger partial charge on any atom is 0.161 e. The molecule has 2 rings (SSSR count). The van der Waals surface area contributed by atoms with Gasteiger partial charge in [-0.3, -0.25) is 0 Å². The third-order valence-corrected chi connectivity index (χ3v) is 2.91. The van der Waals surface area contributed by atoms with Gasteiger partial charge >= 0.3 is 0 Å². The molecule has 0 unspecified atom stereocenters. The molecule has 0 atom stereocenters. The van der Waals surface area contributed by atoms with E-state index in [1.807, 2.05) is 24.3 Å². The Bertz CT molecular complexity index is 589. The van der Waals surface area contributed by atoms with Crippen LogP contribution in [0.3, 0.4) is 0 Å². The van der Waals surface area contributed by atoms with E-state index in [0.29, 0.717) is 36.0 Å². The summed E-state index contributed by atoms with van der Waals surface area (Å²) >= 11 is 0. The maximum atomic E-state index is 13.1. The SMILES string of the molecule is COc1ccccc1OCCOc1ccc(F)cc1CN. The minimum absolute atomic E-state index is 0.223. The van der Waals surface area contributed by atoms with Gasteiger partial charge in [0.1, 0.15) is 24.8 Å². The first-order chi connectivity index (χ1) is 10.2. The third-order valence-electron chi connectivity index (χ3n) is 2.91. The van der Waals surface area contributed by atoms with E-state index in [1.165, 1.54) is 12.1 Å². The molecule has 2 N–H and O–H groups in total. The highest BCUT2D eigenvalue weighted by Gasteiger charge is 2.05. The van der Waals surface area contributed by atoms with Gasteiger partial charge < -0.3 is 19.9 Å². The van der Waals surface area contributed by atoms with Crippen LogP contribution in [-0.2, 0) is 6.54 Å². The number of ether oxygens (including phenoxy) is 3. The average Bonchev–Trinajstić information content (AvgIpc) is 2.52. The molecule has 5 heteroatoms. The van der Waals surface area contributed by atoms with Crippen molar-refractivity contribution in [2.45, 2.75) is 6.54 Å². The van der Waals surface area contributed by atoms with Gasteiger partial charge in [0.15, 0.2) is 11.5 Å². The summed E-state index contributed by atoms with van der Waals surface area (Å²) in [6.07, 6.45) is 0. The van der Waals surface area contributed by atoms with E-state index >= 15 is 0 Å². The fourth-order valence-electron chi connectivity index (χ4n) is 1.89. The van der Waals surface area contributed by atoms with Gasteiger partial charge in [-0.2, -0.15) is 0 Å². The van der Waals surface area contributed by atoms with Crippen molar-refractivity contribution in [3.05, 3.63) is 53.8 Å². The lowest BCUT2D eigenvalue weighted by atomic mass is 10.2. The first kappa shape index (κ1) is 15.1. The maximum absolute atomic E-state index is 13.1. The predicted octanol–water partition coefficient (Wildman–Crippen LogP) is 2.75. The van der Waals surface area contributed by atoms with Gasteiger partial charge in [-0.1, -0.05) is 12.1 Å². The first-order valence-electron chi connectivity index (χ1n) is 6.61. The lowest BCUT2D eigenvalue weighted by Crippen LogP contribution is -2.11. The molecule has 21 heavy (non-hydrogen) atoms. The van der Waals surface area contributed by atoms with Crippen LogP contribution in [0.2, 0.25) is 0 Å². The van der Waals surface area contributed by atoms with Crippen LogP contribution in [0.1, 0.15) is 5.56 Å². The van der Waals surface area contributed by atoms with Gasteiger partial charge in [0.25, 0.3) is 0 Å². The zero-order valence-corrected chi connectivity index (χ0v) is 11.8. The van der Waals surface area contributed by atoms with E-state index in [9.17, 15) is 4.39 Å². The van der Waals surface area contributed by atoms with Crippen molar-refractivity contribution in [2.75, 3.05) is 20.3 Å². The van der Waals surface area contributed by atoms with Crippen LogP contribution in [0.4, 0.5) is 4.39 Å². The number of methoxy groups -OCH3 is 1. The lowest BCUT2D eigenvalue weighted by molar-refractivity contribution is 0.210. The minimum atomic E-state index is -0.326. The zero-order chi connectivity index (χ0) is 15.1. The first-order valence-corrected chi connectivity index (χ1v) is 6.61. The molecule has 0 spiro atoms. The minimum Gasteiger partial charge on any atom is -0.493 e. The summed E-state index contributed by atoms with van der Waals surface area (Å²) in [5.41, 5.74) is 6.19. The van der Waals surface area contributed by atoms with Gasteiger partial charge in [-0.15, -0.1) is 0 Å². The molecule has 0 aromatic heterocycles. The third kappa shape index (κ3) is 4.10. The Kier molecular flexibility index (Phi) is 5.40. The highest BCUT2D eigenvalue weighted by molar-refractivity contribution is 5.39. The van der Waals surface area contributed by atoms with Crippen molar-refractivity contribution in [2.24, 2.45) is 5.73 Å². The number of rotatable bonds is 7. The van der Waals surface area contributed by atoms with Crippen LogP contribution >= 0.6 is 0 Å². The number of nitrogens with two attached hydrogens (primary N) is 1. The number of halogens is 1. The summed E-state index contributed by atoms with van der Waals surface area (Å²) in [6, 6.07) is 11.7. The van der Waals surface area contributed by atoms with E-state index in [4.69, 9.17) is 19.9 Å². The zero-order valence-electron chi connectivity index (χ0n) is 11.8. The average molecular weight is 291 g/mol. The molecule has 0 amide bonds. The van der Waals surface area contributed by atoms with Crippen LogP contribution in [0.15, 0.2) is 42.5 Å². The molecular weight excluding hydrogens is 273 g/mol. The van der Waals surface area contributed by atoms with Crippen molar-refractivity contribution in [3.63, 3.8) is 0 Å². The Morgan fingerprint density at radius 2 is 1.62 bits per heavy atom. The number of hydrogen-bond acceptors (Lipinski definition) is 4. The van der Waals surface area contributed by atoms with Crippen molar-refractivity contribution in [1.29, 1.82) is 0 Å². The second-order valence-electron chi connectivity index (χ2n) is 4.30. The van der Waals surface area contributed by atoms with Gasteiger partial charge in [0, 0.05) is 12.1 Å². The van der Waals surface area contributed by atoms with Crippen LogP contribution < -0.4 is 19.9 Å². The number of para-hydroxylation sites is 2. The van der Waals surface area contributed by atoms with E-state index in [1.54, 1.807) is 13.2 Å². The Labute approximate surface area is 123 Å². The van der Waals surface area contributed by atoms with Gasteiger partial charge in [-0.05, 0) is 30.3 Å². The molecule has 0 saturated carbocycles. The molecule has 0 radical (unpaired) electrons. The van der Waals surface area contributed by atoms with Crippen molar-refractivity contribution >= 4 is 0 Å². The second kappa shape index (κ2) is 7.50. The normalized spacial score (nSPS) is 10.2. The molecule has 0 saturated heterocycles. The summed E-state index contributed by atoms with van der Waals surface area (Å²) in [5.74, 6) is 1.57. The van der Waals surface area contributed by atoms with E-state index in [2.05, 4.69) is 0 Å². The molecule has 0 fully saturated rings. The quantitative estimate of drug-likeness (QED) is 0.797. The molecule has 0 aliphatic rings. The van der Waals surface area contributed by atoms with Crippen molar-refractivity contribution < 1.29 is 18.6 Å². The fraction of sp³-hybridized carbons (Fsp3) is 0.250. The predicted molar refractivity (Wildman–Crippen MR) is 78.3 cm³/mol. The Balaban J connectivity index is 1.87. The molecular formula is C16H18FNO3. The van der Waals surface area contributed by atoms with Crippen LogP contribution in [0.5, 0.6) is 17.2 Å². The molecule has 0 aliphatic heterocycles. The topological polar surface area (TPSA) is 53.7 Å². The number of hydrogen-bond donors (Lipinski definition) is 1. The summed E-state index contributed by atoms with van der Waals surface area (Å²) in [5, 5.41) is 0. The van der Waals surface area contributed by atoms with Gasteiger partial charge in [0.05, 0.1) is 7.11 Å². The largest absolute Gasteiger partial charge is 0.493 e. The molecule has 112 valence electrons. The molecule has 2 aromatic rings. The lowest BCUT2D eigenvalue weighted by Gasteiger charge is -2.12. The van der Waals surface area contributed by atoms with Crippen molar-refractivity contribution in [1.82, 2.24) is 0 Å². The van der Waals surface area contributed by atoms with E-state index < -0.39 is 0 Å². The Morgan fingerprint density at radius 1 is 0.952 bits per heavy atom. The van der Waals surface area contributed by atoms with Crippen LogP contribution in [0, 0.1) is 5.82 Å². The monoisotopic (exact) mass is 291 g/mol. The number of benzene rings is 2. The smallest absolute Gasteiger partial charge is 0.161 e. The molecule has 2 aromatic carbocycles. The molecule has 0 aliphatic carbocycles. The highest BCUT2D eigenvalue weighted by atomic mass is 19.1. The Hall–Kier alpha value is -2.27. The fourth-order valence-corrected chi connectivity index (χ4v) is 1.89. The van der Waals surface area contributed by atoms with Gasteiger partial charge in [-0.25, -0.2) is 4.39 Å². The van der Waals surface area contributed by atoms with Crippen LogP contribution in [-0.4, -0.2) is 20.3 Å². The van der Waals surface area contributed by atoms with E-state index in [0.717, 1.165) is 0 Å². The molecule has 0 bridgehead atoms. The standard InChI is InChI=1S/C16H18FNO3/c1-19-15-4-2-3-5-16(15)21-9-8-20-14-7-6-13(17)10-12(14)11-18/h2-7,10H,8-9,11,18H2,1H3. The molecule has 4 nitrogen and oxygen atoms in total. The Morgan fingerprint density at radius 3 is 2.29 bits per heavy atom. The van der Waals surface area contributed by atoms with Crippen LogP contribution in [0.25, 0.3) is 0 Å². The van der Waals surface area contributed by atoms with E-state index in [-0.39, 0.29) is 12.4 Å². The summed E-state index contributed by atoms with van der Waals surface area (Å²) in [4.78, 5) is 0. The van der Waals surface area contributed by atoms with Crippen molar-refractivity contribution in [3.8, 4) is 17.2 Å². The second-order valence-corrected chi connectivity index (χ2v) is 4.30. The van der Waals surface area contributed by atoms with Gasteiger partial charge in [0.2, 0.25) is 0 Å². The summed E-state index contributed by atoms with van der Waals surface area (Å²) in [7, 11) is 1.59. The summed E-state index contributed by atoms with van der Waals surface area (Å²) < 4.78 is 29.4. The highest BCUT2D eigenvalue weighted by Crippen LogP contribution is 2.25.